The number of carbonyl (C=O) groups is 2. The van der Waals surface area contributed by atoms with Crippen LogP contribution in [0.25, 0.3) is 0 Å². The quantitative estimate of drug-likeness (QED) is 0.869. The molecule has 1 aromatic heterocycles. The Morgan fingerprint density at radius 3 is 2.62 bits per heavy atom. The van der Waals surface area contributed by atoms with E-state index in [4.69, 9.17) is 0 Å². The Balaban J connectivity index is 1.82. The van der Waals surface area contributed by atoms with Gasteiger partial charge in [-0.2, -0.15) is 0 Å². The third-order valence-electron chi connectivity index (χ3n) is 4.33. The maximum absolute atomic E-state index is 12.8. The fourth-order valence-corrected chi connectivity index (χ4v) is 3.13. The van der Waals surface area contributed by atoms with Gasteiger partial charge in [0.1, 0.15) is 11.7 Å². The molecule has 1 aromatic carbocycles. The van der Waals surface area contributed by atoms with Crippen LogP contribution >= 0.6 is 0 Å². The zero-order valence-electron chi connectivity index (χ0n) is 14.0. The average molecular weight is 323 g/mol. The summed E-state index contributed by atoms with van der Waals surface area (Å²) >= 11 is 0. The Bertz CT molecular complexity index is 745. The van der Waals surface area contributed by atoms with Crippen LogP contribution in [0.2, 0.25) is 0 Å². The number of likely N-dealkylation sites (N-methyl/N-ethyl adjacent to an activating group) is 1. The number of hydrogen-bond donors (Lipinski definition) is 0. The number of carbonyl (C=O) groups excluding carboxylic acids is 2. The summed E-state index contributed by atoms with van der Waals surface area (Å²) in [7, 11) is 0. The van der Waals surface area contributed by atoms with Crippen LogP contribution in [0.3, 0.4) is 0 Å². The summed E-state index contributed by atoms with van der Waals surface area (Å²) in [6.07, 6.45) is 0.638. The summed E-state index contributed by atoms with van der Waals surface area (Å²) in [5, 5.41) is 0. The smallest absolute Gasteiger partial charge is 0.273 e. The number of aromatic nitrogens is 1. The van der Waals surface area contributed by atoms with E-state index < -0.39 is 6.04 Å². The second-order valence-corrected chi connectivity index (χ2v) is 5.89. The van der Waals surface area contributed by atoms with Gasteiger partial charge in [0.25, 0.3) is 5.91 Å². The van der Waals surface area contributed by atoms with Crippen LogP contribution in [-0.4, -0.2) is 40.8 Å². The van der Waals surface area contributed by atoms with Gasteiger partial charge in [0.2, 0.25) is 5.91 Å². The molecule has 2 amide bonds. The lowest BCUT2D eigenvalue weighted by Gasteiger charge is -2.26. The first-order valence-corrected chi connectivity index (χ1v) is 8.23. The number of nitrogens with zero attached hydrogens (tertiary/aromatic N) is 3. The number of para-hydroxylation sites is 1. The highest BCUT2D eigenvalue weighted by molar-refractivity contribution is 6.03. The predicted molar refractivity (Wildman–Crippen MR) is 92.9 cm³/mol. The van der Waals surface area contributed by atoms with Crippen molar-refractivity contribution in [2.75, 3.05) is 18.0 Å². The highest BCUT2D eigenvalue weighted by Crippen LogP contribution is 2.25. The first kappa shape index (κ1) is 16.2. The third kappa shape index (κ3) is 3.02. The monoisotopic (exact) mass is 323 g/mol. The molecule has 5 heteroatoms. The number of aryl methyl sites for hydroxylation is 1. The van der Waals surface area contributed by atoms with Crippen LogP contribution in [0.4, 0.5) is 5.69 Å². The third-order valence-corrected chi connectivity index (χ3v) is 4.33. The SMILES string of the molecule is CCN(C(=O)c1cccc(C)n1)[C@@H]1CCN(c2ccccc2)C1=O. The Labute approximate surface area is 141 Å². The molecule has 0 saturated carbocycles. The predicted octanol–water partition coefficient (Wildman–Crippen LogP) is 2.66. The Morgan fingerprint density at radius 1 is 1.21 bits per heavy atom. The lowest BCUT2D eigenvalue weighted by atomic mass is 10.2. The van der Waals surface area contributed by atoms with Crippen LogP contribution in [0.15, 0.2) is 48.5 Å². The van der Waals surface area contributed by atoms with Gasteiger partial charge >= 0.3 is 0 Å². The van der Waals surface area contributed by atoms with E-state index in [9.17, 15) is 9.59 Å². The maximum atomic E-state index is 12.8. The number of pyridine rings is 1. The lowest BCUT2D eigenvalue weighted by molar-refractivity contribution is -0.120. The van der Waals surface area contributed by atoms with Gasteiger partial charge in [0.15, 0.2) is 0 Å². The summed E-state index contributed by atoms with van der Waals surface area (Å²) < 4.78 is 0. The molecule has 0 aliphatic carbocycles. The molecule has 0 radical (unpaired) electrons. The van der Waals surface area contributed by atoms with Crippen LogP contribution in [0.1, 0.15) is 29.5 Å². The van der Waals surface area contributed by atoms with E-state index in [0.717, 1.165) is 11.4 Å². The minimum Gasteiger partial charge on any atom is -0.325 e. The van der Waals surface area contributed by atoms with Gasteiger partial charge in [-0.05, 0) is 44.5 Å². The van der Waals surface area contributed by atoms with E-state index in [2.05, 4.69) is 4.98 Å². The van der Waals surface area contributed by atoms with Gasteiger partial charge in [-0.1, -0.05) is 24.3 Å². The second-order valence-electron chi connectivity index (χ2n) is 5.89. The van der Waals surface area contributed by atoms with Crippen LogP contribution in [0, 0.1) is 6.92 Å². The molecule has 5 nitrogen and oxygen atoms in total. The Kier molecular flexibility index (Phi) is 4.60. The molecular formula is C19H21N3O2. The van der Waals surface area contributed by atoms with Gasteiger partial charge in [0, 0.05) is 24.5 Å². The van der Waals surface area contributed by atoms with Crippen molar-refractivity contribution < 1.29 is 9.59 Å². The molecule has 124 valence electrons. The fraction of sp³-hybridized carbons (Fsp3) is 0.316. The number of rotatable bonds is 4. The molecular weight excluding hydrogens is 302 g/mol. The molecule has 2 aromatic rings. The van der Waals surface area contributed by atoms with Crippen LogP contribution in [-0.2, 0) is 4.79 Å². The zero-order valence-corrected chi connectivity index (χ0v) is 14.0. The van der Waals surface area contributed by atoms with E-state index in [0.29, 0.717) is 25.2 Å². The summed E-state index contributed by atoms with van der Waals surface area (Å²) in [4.78, 5) is 33.3. The van der Waals surface area contributed by atoms with Gasteiger partial charge in [-0.3, -0.25) is 9.59 Å². The molecule has 1 saturated heterocycles. The normalized spacial score (nSPS) is 17.2. The van der Waals surface area contributed by atoms with E-state index >= 15 is 0 Å². The molecule has 1 aliphatic heterocycles. The molecule has 1 aliphatic rings. The van der Waals surface area contributed by atoms with Crippen LogP contribution in [0.5, 0.6) is 0 Å². The number of anilines is 1. The topological polar surface area (TPSA) is 53.5 Å². The van der Waals surface area contributed by atoms with Gasteiger partial charge in [-0.15, -0.1) is 0 Å². The van der Waals surface area contributed by atoms with E-state index in [1.54, 1.807) is 15.9 Å². The molecule has 0 unspecified atom stereocenters. The van der Waals surface area contributed by atoms with Gasteiger partial charge < -0.3 is 9.80 Å². The fourth-order valence-electron chi connectivity index (χ4n) is 3.13. The van der Waals surface area contributed by atoms with Gasteiger partial charge in [-0.25, -0.2) is 4.98 Å². The largest absolute Gasteiger partial charge is 0.325 e. The molecule has 1 fully saturated rings. The summed E-state index contributed by atoms with van der Waals surface area (Å²) in [5.41, 5.74) is 2.06. The summed E-state index contributed by atoms with van der Waals surface area (Å²) in [6.45, 7) is 4.85. The minimum atomic E-state index is -0.426. The Hall–Kier alpha value is -2.69. The molecule has 0 N–H and O–H groups in total. The highest BCUT2D eigenvalue weighted by atomic mass is 16.2. The maximum Gasteiger partial charge on any atom is 0.273 e. The lowest BCUT2D eigenvalue weighted by Crippen LogP contribution is -2.45. The molecule has 3 rings (SSSR count). The van der Waals surface area contributed by atoms with Crippen molar-refractivity contribution in [3.63, 3.8) is 0 Å². The summed E-state index contributed by atoms with van der Waals surface area (Å²) in [5.74, 6) is -0.210. The molecule has 2 heterocycles. The standard InChI is InChI=1S/C19H21N3O2/c1-3-21(18(23)16-11-7-8-14(2)20-16)17-12-13-22(19(17)24)15-9-5-4-6-10-15/h4-11,17H,3,12-13H2,1-2H3/t17-/m1/s1. The highest BCUT2D eigenvalue weighted by Gasteiger charge is 2.38. The van der Waals surface area contributed by atoms with Crippen molar-refractivity contribution in [2.24, 2.45) is 0 Å². The molecule has 1 atom stereocenters. The van der Waals surface area contributed by atoms with Crippen molar-refractivity contribution in [3.05, 3.63) is 59.9 Å². The molecule has 0 bridgehead atoms. The van der Waals surface area contributed by atoms with E-state index in [1.807, 2.05) is 56.3 Å². The van der Waals surface area contributed by atoms with Crippen molar-refractivity contribution in [3.8, 4) is 0 Å². The number of hydrogen-bond acceptors (Lipinski definition) is 3. The van der Waals surface area contributed by atoms with Crippen LogP contribution < -0.4 is 4.90 Å². The number of amides is 2. The van der Waals surface area contributed by atoms with Crippen molar-refractivity contribution >= 4 is 17.5 Å². The average Bonchev–Trinajstić information content (AvgIpc) is 2.98. The first-order valence-electron chi connectivity index (χ1n) is 8.23. The second kappa shape index (κ2) is 6.83. The minimum absolute atomic E-state index is 0.0240. The van der Waals surface area contributed by atoms with Crippen molar-refractivity contribution in [1.29, 1.82) is 0 Å². The zero-order chi connectivity index (χ0) is 17.1. The van der Waals surface area contributed by atoms with Crippen molar-refractivity contribution in [1.82, 2.24) is 9.88 Å². The molecule has 24 heavy (non-hydrogen) atoms. The molecule has 0 spiro atoms. The van der Waals surface area contributed by atoms with Crippen molar-refractivity contribution in [2.45, 2.75) is 26.3 Å². The summed E-state index contributed by atoms with van der Waals surface area (Å²) in [6, 6.07) is 14.5. The van der Waals surface area contributed by atoms with E-state index in [-0.39, 0.29) is 11.8 Å². The number of benzene rings is 1. The van der Waals surface area contributed by atoms with Gasteiger partial charge in [0.05, 0.1) is 0 Å². The first-order chi connectivity index (χ1) is 11.6. The Morgan fingerprint density at radius 2 is 1.96 bits per heavy atom. The van der Waals surface area contributed by atoms with E-state index in [1.165, 1.54) is 0 Å².